The van der Waals surface area contributed by atoms with Gasteiger partial charge >= 0.3 is 0 Å². The third-order valence-corrected chi connectivity index (χ3v) is 3.01. The van der Waals surface area contributed by atoms with Gasteiger partial charge in [-0.1, -0.05) is 13.8 Å². The van der Waals surface area contributed by atoms with Crippen LogP contribution in [0.5, 0.6) is 0 Å². The van der Waals surface area contributed by atoms with E-state index in [2.05, 4.69) is 36.8 Å². The molecular weight excluding hydrogens is 210 g/mol. The van der Waals surface area contributed by atoms with Crippen LogP contribution in [0.1, 0.15) is 19.4 Å². The summed E-state index contributed by atoms with van der Waals surface area (Å²) >= 11 is 0. The Hall–Kier alpha value is -1.40. The van der Waals surface area contributed by atoms with Gasteiger partial charge in [-0.25, -0.2) is 0 Å². The van der Waals surface area contributed by atoms with Crippen molar-refractivity contribution in [1.82, 2.24) is 9.88 Å². The van der Waals surface area contributed by atoms with Gasteiger partial charge < -0.3 is 4.90 Å². The molecule has 92 valence electrons. The van der Waals surface area contributed by atoms with E-state index in [1.54, 1.807) is 0 Å². The fraction of sp³-hybridized carbons (Fsp3) is 0.571. The quantitative estimate of drug-likeness (QED) is 0.754. The summed E-state index contributed by atoms with van der Waals surface area (Å²) in [5.74, 6) is 0.542. The molecule has 0 spiro atoms. The van der Waals surface area contributed by atoms with Gasteiger partial charge in [-0.15, -0.1) is 0 Å². The Morgan fingerprint density at radius 3 is 2.53 bits per heavy atom. The SMILES string of the molecule is CC(C)C(C#N)CN(C)CCc1ccncc1. The van der Waals surface area contributed by atoms with Crippen molar-refractivity contribution >= 4 is 0 Å². The Kier molecular flexibility index (Phi) is 5.65. The van der Waals surface area contributed by atoms with Gasteiger partial charge in [-0.05, 0) is 37.1 Å². The van der Waals surface area contributed by atoms with Crippen LogP contribution < -0.4 is 0 Å². The van der Waals surface area contributed by atoms with Gasteiger partial charge in [-0.3, -0.25) is 4.98 Å². The molecule has 1 aromatic heterocycles. The van der Waals surface area contributed by atoms with Gasteiger partial charge in [0.05, 0.1) is 12.0 Å². The Labute approximate surface area is 104 Å². The van der Waals surface area contributed by atoms with Crippen LogP contribution in [-0.4, -0.2) is 30.0 Å². The summed E-state index contributed by atoms with van der Waals surface area (Å²) in [5, 5.41) is 9.05. The molecule has 1 aromatic rings. The number of nitriles is 1. The monoisotopic (exact) mass is 231 g/mol. The first-order valence-corrected chi connectivity index (χ1v) is 6.10. The second kappa shape index (κ2) is 7.03. The number of hydrogen-bond donors (Lipinski definition) is 0. The van der Waals surface area contributed by atoms with Crippen molar-refractivity contribution < 1.29 is 0 Å². The highest BCUT2D eigenvalue weighted by atomic mass is 15.1. The van der Waals surface area contributed by atoms with Crippen molar-refractivity contribution in [2.75, 3.05) is 20.1 Å². The fourth-order valence-corrected chi connectivity index (χ4v) is 1.70. The molecule has 1 unspecified atom stereocenters. The van der Waals surface area contributed by atoms with Crippen LogP contribution >= 0.6 is 0 Å². The van der Waals surface area contributed by atoms with E-state index in [0.29, 0.717) is 5.92 Å². The molecule has 1 heterocycles. The van der Waals surface area contributed by atoms with Gasteiger partial charge in [0, 0.05) is 25.5 Å². The maximum absolute atomic E-state index is 9.05. The van der Waals surface area contributed by atoms with Gasteiger partial charge in [0.25, 0.3) is 0 Å². The third kappa shape index (κ3) is 4.97. The first-order chi connectivity index (χ1) is 8.13. The van der Waals surface area contributed by atoms with Crippen LogP contribution in [-0.2, 0) is 6.42 Å². The van der Waals surface area contributed by atoms with E-state index >= 15 is 0 Å². The summed E-state index contributed by atoms with van der Waals surface area (Å²) in [6.07, 6.45) is 4.65. The minimum Gasteiger partial charge on any atom is -0.305 e. The summed E-state index contributed by atoms with van der Waals surface area (Å²) in [6, 6.07) is 6.46. The third-order valence-electron chi connectivity index (χ3n) is 3.01. The lowest BCUT2D eigenvalue weighted by Crippen LogP contribution is -2.29. The molecule has 0 saturated carbocycles. The molecule has 0 aromatic carbocycles. The minimum atomic E-state index is 0.123. The largest absolute Gasteiger partial charge is 0.305 e. The van der Waals surface area contributed by atoms with Crippen LogP contribution in [0.15, 0.2) is 24.5 Å². The van der Waals surface area contributed by atoms with Crippen molar-refractivity contribution in [3.8, 4) is 6.07 Å². The van der Waals surface area contributed by atoms with Gasteiger partial charge in [0.1, 0.15) is 0 Å². The fourth-order valence-electron chi connectivity index (χ4n) is 1.70. The van der Waals surface area contributed by atoms with Crippen molar-refractivity contribution in [2.24, 2.45) is 11.8 Å². The smallest absolute Gasteiger partial charge is 0.0671 e. The predicted octanol–water partition coefficient (Wildman–Crippen LogP) is 2.35. The molecule has 3 nitrogen and oxygen atoms in total. The number of likely N-dealkylation sites (N-methyl/N-ethyl adjacent to an activating group) is 1. The maximum atomic E-state index is 9.05. The van der Waals surface area contributed by atoms with Crippen molar-refractivity contribution in [1.29, 1.82) is 5.26 Å². The second-order valence-corrected chi connectivity index (χ2v) is 4.85. The van der Waals surface area contributed by atoms with Crippen LogP contribution in [0, 0.1) is 23.2 Å². The zero-order valence-electron chi connectivity index (χ0n) is 10.9. The standard InChI is InChI=1S/C14H21N3/c1-12(2)14(10-15)11-17(3)9-6-13-4-7-16-8-5-13/h4-5,7-8,12,14H,6,9,11H2,1-3H3. The second-order valence-electron chi connectivity index (χ2n) is 4.85. The summed E-state index contributed by atoms with van der Waals surface area (Å²) in [5.41, 5.74) is 1.30. The van der Waals surface area contributed by atoms with E-state index in [1.165, 1.54) is 5.56 Å². The Balaban J connectivity index is 2.35. The number of nitrogens with zero attached hydrogens (tertiary/aromatic N) is 3. The highest BCUT2D eigenvalue weighted by Gasteiger charge is 2.14. The Morgan fingerprint density at radius 1 is 1.35 bits per heavy atom. The first-order valence-electron chi connectivity index (χ1n) is 6.10. The lowest BCUT2D eigenvalue weighted by molar-refractivity contribution is 0.275. The van der Waals surface area contributed by atoms with Crippen LogP contribution in [0.3, 0.4) is 0 Å². The molecule has 0 aliphatic rings. The Morgan fingerprint density at radius 2 is 2.00 bits per heavy atom. The van der Waals surface area contributed by atoms with Crippen molar-refractivity contribution in [3.63, 3.8) is 0 Å². The maximum Gasteiger partial charge on any atom is 0.0671 e. The topological polar surface area (TPSA) is 39.9 Å². The zero-order valence-corrected chi connectivity index (χ0v) is 10.9. The predicted molar refractivity (Wildman–Crippen MR) is 69.4 cm³/mol. The summed E-state index contributed by atoms with van der Waals surface area (Å²) in [7, 11) is 2.08. The van der Waals surface area contributed by atoms with E-state index in [-0.39, 0.29) is 5.92 Å². The van der Waals surface area contributed by atoms with E-state index in [4.69, 9.17) is 5.26 Å². The number of aromatic nitrogens is 1. The Bertz CT molecular complexity index is 353. The molecule has 1 rings (SSSR count). The summed E-state index contributed by atoms with van der Waals surface area (Å²) in [6.45, 7) is 6.03. The molecule has 3 heteroatoms. The molecule has 0 saturated heterocycles. The molecule has 1 atom stereocenters. The number of rotatable bonds is 6. The number of hydrogen-bond acceptors (Lipinski definition) is 3. The van der Waals surface area contributed by atoms with Gasteiger partial charge in [0.2, 0.25) is 0 Å². The normalized spacial score (nSPS) is 12.7. The first kappa shape index (κ1) is 13.7. The molecule has 0 aliphatic heterocycles. The molecule has 0 N–H and O–H groups in total. The van der Waals surface area contributed by atoms with Crippen LogP contribution in [0.4, 0.5) is 0 Å². The highest BCUT2D eigenvalue weighted by Crippen LogP contribution is 2.11. The van der Waals surface area contributed by atoms with Crippen molar-refractivity contribution in [3.05, 3.63) is 30.1 Å². The van der Waals surface area contributed by atoms with E-state index in [1.807, 2.05) is 24.5 Å². The zero-order chi connectivity index (χ0) is 12.7. The molecular formula is C14H21N3. The lowest BCUT2D eigenvalue weighted by atomic mass is 9.97. The van der Waals surface area contributed by atoms with E-state index < -0.39 is 0 Å². The number of pyridine rings is 1. The summed E-state index contributed by atoms with van der Waals surface area (Å²) in [4.78, 5) is 6.23. The average molecular weight is 231 g/mol. The highest BCUT2D eigenvalue weighted by molar-refractivity contribution is 5.09. The van der Waals surface area contributed by atoms with Gasteiger partial charge in [-0.2, -0.15) is 5.26 Å². The average Bonchev–Trinajstić information content (AvgIpc) is 2.34. The van der Waals surface area contributed by atoms with E-state index in [0.717, 1.165) is 19.5 Å². The molecule has 17 heavy (non-hydrogen) atoms. The molecule has 0 radical (unpaired) electrons. The van der Waals surface area contributed by atoms with E-state index in [9.17, 15) is 0 Å². The molecule has 0 amide bonds. The van der Waals surface area contributed by atoms with Gasteiger partial charge in [0.15, 0.2) is 0 Å². The molecule has 0 aliphatic carbocycles. The molecule has 0 bridgehead atoms. The minimum absolute atomic E-state index is 0.123. The van der Waals surface area contributed by atoms with Crippen molar-refractivity contribution in [2.45, 2.75) is 20.3 Å². The lowest BCUT2D eigenvalue weighted by Gasteiger charge is -2.21. The van der Waals surface area contributed by atoms with Crippen LogP contribution in [0.25, 0.3) is 0 Å². The summed E-state index contributed by atoms with van der Waals surface area (Å²) < 4.78 is 0. The van der Waals surface area contributed by atoms with Crippen LogP contribution in [0.2, 0.25) is 0 Å². The molecule has 0 fully saturated rings.